The van der Waals surface area contributed by atoms with Crippen molar-refractivity contribution >= 4 is 15.8 Å². The van der Waals surface area contributed by atoms with Gasteiger partial charge in [-0.25, -0.2) is 17.7 Å². The fraction of sp³-hybridized carbons (Fsp3) is 0.500. The van der Waals surface area contributed by atoms with Crippen LogP contribution in [0.3, 0.4) is 0 Å². The molecule has 0 saturated carbocycles. The molecule has 1 aromatic heterocycles. The Bertz CT molecular complexity index is 440. The summed E-state index contributed by atoms with van der Waals surface area (Å²) in [5.41, 5.74) is 5.41. The molecule has 16 heavy (non-hydrogen) atoms. The van der Waals surface area contributed by atoms with Gasteiger partial charge in [-0.3, -0.25) is 0 Å². The Labute approximate surface area is 96.3 Å². The largest absolute Gasteiger partial charge is 0.384 e. The van der Waals surface area contributed by atoms with Gasteiger partial charge in [0.1, 0.15) is 10.7 Å². The van der Waals surface area contributed by atoms with Gasteiger partial charge in [-0.15, -0.1) is 0 Å². The zero-order valence-electron chi connectivity index (χ0n) is 9.71. The van der Waals surface area contributed by atoms with Gasteiger partial charge in [-0.05, 0) is 18.1 Å². The Balaban J connectivity index is 2.97. The van der Waals surface area contributed by atoms with Crippen molar-refractivity contribution in [3.8, 4) is 0 Å². The molecule has 1 rings (SSSR count). The molecule has 5 nitrogen and oxygen atoms in total. The average molecular weight is 243 g/mol. The van der Waals surface area contributed by atoms with Gasteiger partial charge in [-0.2, -0.15) is 0 Å². The van der Waals surface area contributed by atoms with Gasteiger partial charge < -0.3 is 5.73 Å². The summed E-state index contributed by atoms with van der Waals surface area (Å²) < 4.78 is 25.4. The number of rotatable bonds is 4. The van der Waals surface area contributed by atoms with Gasteiger partial charge in [0.25, 0.3) is 0 Å². The predicted octanol–water partition coefficient (Wildman–Crippen LogP) is 0.940. The third kappa shape index (κ3) is 2.93. The van der Waals surface area contributed by atoms with E-state index in [2.05, 4.69) is 4.98 Å². The zero-order valence-corrected chi connectivity index (χ0v) is 10.5. The highest BCUT2D eigenvalue weighted by molar-refractivity contribution is 7.89. The van der Waals surface area contributed by atoms with Crippen LogP contribution in [0, 0.1) is 5.92 Å². The Kier molecular flexibility index (Phi) is 3.88. The topological polar surface area (TPSA) is 76.3 Å². The molecule has 0 aliphatic rings. The highest BCUT2D eigenvalue weighted by Crippen LogP contribution is 2.15. The van der Waals surface area contributed by atoms with E-state index in [1.54, 1.807) is 7.05 Å². The second-order valence-electron chi connectivity index (χ2n) is 4.10. The van der Waals surface area contributed by atoms with Crippen molar-refractivity contribution in [3.63, 3.8) is 0 Å². The van der Waals surface area contributed by atoms with E-state index in [0.717, 1.165) is 0 Å². The number of hydrogen-bond donors (Lipinski definition) is 1. The van der Waals surface area contributed by atoms with Crippen LogP contribution in [0.1, 0.15) is 13.8 Å². The van der Waals surface area contributed by atoms with E-state index >= 15 is 0 Å². The molecule has 1 heterocycles. The maximum absolute atomic E-state index is 12.0. The van der Waals surface area contributed by atoms with Gasteiger partial charge in [0, 0.05) is 19.8 Å². The van der Waals surface area contributed by atoms with Crippen LogP contribution >= 0.6 is 0 Å². The molecule has 90 valence electrons. The molecule has 0 saturated heterocycles. The second-order valence-corrected chi connectivity index (χ2v) is 6.14. The lowest BCUT2D eigenvalue weighted by atomic mass is 10.2. The third-order valence-corrected chi connectivity index (χ3v) is 3.90. The van der Waals surface area contributed by atoms with Gasteiger partial charge in [-0.1, -0.05) is 13.8 Å². The fourth-order valence-corrected chi connectivity index (χ4v) is 2.62. The molecule has 0 radical (unpaired) electrons. The van der Waals surface area contributed by atoms with Crippen molar-refractivity contribution in [2.45, 2.75) is 18.7 Å². The minimum absolute atomic E-state index is 0.171. The first-order valence-corrected chi connectivity index (χ1v) is 6.46. The van der Waals surface area contributed by atoms with Gasteiger partial charge >= 0.3 is 0 Å². The lowest BCUT2D eigenvalue weighted by molar-refractivity contribution is 0.417. The number of pyridine rings is 1. The summed E-state index contributed by atoms with van der Waals surface area (Å²) in [5, 5.41) is 0. The molecule has 0 unspecified atom stereocenters. The maximum Gasteiger partial charge on any atom is 0.244 e. The zero-order chi connectivity index (χ0) is 12.3. The summed E-state index contributed by atoms with van der Waals surface area (Å²) in [6.45, 7) is 4.41. The molecule has 2 N–H and O–H groups in total. The maximum atomic E-state index is 12.0. The van der Waals surface area contributed by atoms with Gasteiger partial charge in [0.15, 0.2) is 0 Å². The quantitative estimate of drug-likeness (QED) is 0.854. The minimum atomic E-state index is -3.44. The highest BCUT2D eigenvalue weighted by Gasteiger charge is 2.21. The summed E-state index contributed by atoms with van der Waals surface area (Å²) in [6.07, 6.45) is 1.28. The lowest BCUT2D eigenvalue weighted by Gasteiger charge is -2.18. The lowest BCUT2D eigenvalue weighted by Crippen LogP contribution is -2.30. The first-order chi connectivity index (χ1) is 7.34. The van der Waals surface area contributed by atoms with E-state index in [1.165, 1.54) is 22.6 Å². The highest BCUT2D eigenvalue weighted by atomic mass is 32.2. The molecular formula is C10H17N3O2S. The Hall–Kier alpha value is -1.14. The summed E-state index contributed by atoms with van der Waals surface area (Å²) in [7, 11) is -1.87. The summed E-state index contributed by atoms with van der Waals surface area (Å²) in [4.78, 5) is 3.95. The molecular weight excluding hydrogens is 226 g/mol. The van der Waals surface area contributed by atoms with E-state index in [9.17, 15) is 8.42 Å². The SMILES string of the molecule is CC(C)CN(C)S(=O)(=O)c1ccc(N)nc1. The summed E-state index contributed by atoms with van der Waals surface area (Å²) in [6, 6.07) is 2.95. The van der Waals surface area contributed by atoms with Crippen molar-refractivity contribution in [1.82, 2.24) is 9.29 Å². The van der Waals surface area contributed by atoms with Crippen LogP contribution in [0.15, 0.2) is 23.2 Å². The normalized spacial score (nSPS) is 12.3. The average Bonchev–Trinajstić information content (AvgIpc) is 2.17. The number of nitrogens with zero attached hydrogens (tertiary/aromatic N) is 2. The molecule has 0 aliphatic heterocycles. The Morgan fingerprint density at radius 1 is 1.44 bits per heavy atom. The van der Waals surface area contributed by atoms with E-state index in [4.69, 9.17) is 5.73 Å². The number of aromatic nitrogens is 1. The number of anilines is 1. The van der Waals surface area contributed by atoms with Crippen LogP contribution in [-0.2, 0) is 10.0 Å². The molecule has 0 aromatic carbocycles. The van der Waals surface area contributed by atoms with Crippen molar-refractivity contribution in [1.29, 1.82) is 0 Å². The Morgan fingerprint density at radius 3 is 2.50 bits per heavy atom. The van der Waals surface area contributed by atoms with Crippen molar-refractivity contribution in [2.24, 2.45) is 5.92 Å². The third-order valence-electron chi connectivity index (χ3n) is 2.09. The van der Waals surface area contributed by atoms with Crippen LogP contribution in [0.2, 0.25) is 0 Å². The van der Waals surface area contributed by atoms with E-state index < -0.39 is 10.0 Å². The van der Waals surface area contributed by atoms with E-state index in [0.29, 0.717) is 12.4 Å². The van der Waals surface area contributed by atoms with Crippen LogP contribution < -0.4 is 5.73 Å². The van der Waals surface area contributed by atoms with Crippen molar-refractivity contribution in [2.75, 3.05) is 19.3 Å². The molecule has 0 bridgehead atoms. The molecule has 0 amide bonds. The number of hydrogen-bond acceptors (Lipinski definition) is 4. The molecule has 1 aromatic rings. The van der Waals surface area contributed by atoms with Crippen LogP contribution in [0.5, 0.6) is 0 Å². The van der Waals surface area contributed by atoms with Crippen LogP contribution in [0.25, 0.3) is 0 Å². The second kappa shape index (κ2) is 4.80. The summed E-state index contributed by atoms with van der Waals surface area (Å²) >= 11 is 0. The fourth-order valence-electron chi connectivity index (χ4n) is 1.34. The standard InChI is InChI=1S/C10H17N3O2S/c1-8(2)7-13(3)16(14,15)9-4-5-10(11)12-6-9/h4-6,8H,7H2,1-3H3,(H2,11,12). The molecule has 0 atom stereocenters. The predicted molar refractivity (Wildman–Crippen MR) is 63.3 cm³/mol. The first-order valence-electron chi connectivity index (χ1n) is 5.02. The molecule has 0 fully saturated rings. The van der Waals surface area contributed by atoms with Gasteiger partial charge in [0.05, 0.1) is 0 Å². The molecule has 0 spiro atoms. The van der Waals surface area contributed by atoms with Gasteiger partial charge in [0.2, 0.25) is 10.0 Å². The number of nitrogen functional groups attached to an aromatic ring is 1. The minimum Gasteiger partial charge on any atom is -0.384 e. The van der Waals surface area contributed by atoms with E-state index in [1.807, 2.05) is 13.8 Å². The van der Waals surface area contributed by atoms with Crippen LogP contribution in [-0.4, -0.2) is 31.3 Å². The van der Waals surface area contributed by atoms with E-state index in [-0.39, 0.29) is 10.8 Å². The first kappa shape index (κ1) is 12.9. The monoisotopic (exact) mass is 243 g/mol. The molecule has 0 aliphatic carbocycles. The van der Waals surface area contributed by atoms with Crippen molar-refractivity contribution in [3.05, 3.63) is 18.3 Å². The number of nitrogens with two attached hydrogens (primary N) is 1. The van der Waals surface area contributed by atoms with Crippen molar-refractivity contribution < 1.29 is 8.42 Å². The smallest absolute Gasteiger partial charge is 0.244 e. The Morgan fingerprint density at radius 2 is 2.06 bits per heavy atom. The number of sulfonamides is 1. The summed E-state index contributed by atoms with van der Waals surface area (Å²) in [5.74, 6) is 0.590. The van der Waals surface area contributed by atoms with Crippen LogP contribution in [0.4, 0.5) is 5.82 Å². The molecule has 6 heteroatoms.